The molecule has 146 valence electrons. The summed E-state index contributed by atoms with van der Waals surface area (Å²) in [6.45, 7) is 0. The Balaban J connectivity index is 1.86. The van der Waals surface area contributed by atoms with Gasteiger partial charge in [0.1, 0.15) is 41.5 Å². The number of imidazole rings is 1. The number of nitrogens with one attached hydrogen (secondary N) is 1. The van der Waals surface area contributed by atoms with Crippen molar-refractivity contribution < 1.29 is 4.39 Å². The van der Waals surface area contributed by atoms with Crippen molar-refractivity contribution in [1.29, 1.82) is 5.26 Å². The molecule has 0 saturated carbocycles. The summed E-state index contributed by atoms with van der Waals surface area (Å²) in [6, 6.07) is 7.62. The van der Waals surface area contributed by atoms with E-state index in [-0.39, 0.29) is 23.0 Å². The fourth-order valence-electron chi connectivity index (χ4n) is 3.29. The van der Waals surface area contributed by atoms with E-state index in [0.717, 1.165) is 0 Å². The highest BCUT2D eigenvalue weighted by molar-refractivity contribution is 5.93. The Bertz CT molecular complexity index is 1330. The molecule has 3 heterocycles. The molecular formula is C21H15FN8. The lowest BCUT2D eigenvalue weighted by atomic mass is 10.0. The van der Waals surface area contributed by atoms with E-state index < -0.39 is 6.04 Å². The zero-order valence-electron chi connectivity index (χ0n) is 15.8. The number of hydrogen-bond acceptors (Lipinski definition) is 7. The van der Waals surface area contributed by atoms with Crippen LogP contribution in [-0.4, -0.2) is 24.5 Å². The average Bonchev–Trinajstić information content (AvgIpc) is 3.09. The first kappa shape index (κ1) is 18.8. The molecule has 0 saturated heterocycles. The molecule has 4 aromatic rings. The predicted octanol–water partition coefficient (Wildman–Crippen LogP) is 2.80. The number of rotatable bonds is 4. The number of aromatic nitrogens is 5. The van der Waals surface area contributed by atoms with Gasteiger partial charge in [-0.15, -0.1) is 6.42 Å². The van der Waals surface area contributed by atoms with Gasteiger partial charge in [0.2, 0.25) is 0 Å². The Morgan fingerprint density at radius 1 is 1.23 bits per heavy atom. The van der Waals surface area contributed by atoms with Gasteiger partial charge in [0, 0.05) is 25.0 Å². The van der Waals surface area contributed by atoms with Gasteiger partial charge >= 0.3 is 0 Å². The van der Waals surface area contributed by atoms with Crippen molar-refractivity contribution in [3.63, 3.8) is 0 Å². The Kier molecular flexibility index (Phi) is 4.71. The molecule has 0 unspecified atom stereocenters. The van der Waals surface area contributed by atoms with Gasteiger partial charge in [-0.25, -0.2) is 19.3 Å². The minimum Gasteiger partial charge on any atom is -0.382 e. The first-order valence-corrected chi connectivity index (χ1v) is 8.83. The third-order valence-corrected chi connectivity index (χ3v) is 4.68. The van der Waals surface area contributed by atoms with Crippen LogP contribution in [0.3, 0.4) is 0 Å². The third kappa shape index (κ3) is 3.05. The van der Waals surface area contributed by atoms with Crippen LogP contribution in [0.15, 0.2) is 43.0 Å². The SMILES string of the molecule is C#C[C@H](Nc1ncnc(N)c1C#N)c1nc2ccc(F)c(-c3ccncc3)c2n1C. The van der Waals surface area contributed by atoms with E-state index in [4.69, 9.17) is 12.2 Å². The molecule has 0 amide bonds. The van der Waals surface area contributed by atoms with Crippen LogP contribution in [0.1, 0.15) is 17.4 Å². The molecule has 4 rings (SSSR count). The minimum atomic E-state index is -0.753. The van der Waals surface area contributed by atoms with Gasteiger partial charge in [0.05, 0.1) is 11.0 Å². The number of nitrogens with zero attached hydrogens (tertiary/aromatic N) is 6. The van der Waals surface area contributed by atoms with E-state index in [0.29, 0.717) is 28.0 Å². The van der Waals surface area contributed by atoms with Crippen molar-refractivity contribution in [1.82, 2.24) is 24.5 Å². The fourth-order valence-corrected chi connectivity index (χ4v) is 3.29. The number of fused-ring (bicyclic) bond motifs is 1. The summed E-state index contributed by atoms with van der Waals surface area (Å²) in [5, 5.41) is 12.4. The van der Waals surface area contributed by atoms with E-state index in [1.807, 2.05) is 6.07 Å². The number of pyridine rings is 1. The summed E-state index contributed by atoms with van der Waals surface area (Å²) in [4.78, 5) is 16.5. The largest absolute Gasteiger partial charge is 0.382 e. The number of nitrogens with two attached hydrogens (primary N) is 1. The number of hydrogen-bond donors (Lipinski definition) is 2. The average molecular weight is 398 g/mol. The highest BCUT2D eigenvalue weighted by Crippen LogP contribution is 2.33. The Hall–Kier alpha value is -4.50. The zero-order valence-corrected chi connectivity index (χ0v) is 15.8. The smallest absolute Gasteiger partial charge is 0.150 e. The van der Waals surface area contributed by atoms with Crippen LogP contribution < -0.4 is 11.1 Å². The number of nitrogen functional groups attached to an aromatic ring is 1. The summed E-state index contributed by atoms with van der Waals surface area (Å²) < 4.78 is 16.5. The number of nitriles is 1. The van der Waals surface area contributed by atoms with Crippen molar-refractivity contribution >= 4 is 22.7 Å². The van der Waals surface area contributed by atoms with E-state index >= 15 is 0 Å². The van der Waals surface area contributed by atoms with Crippen LogP contribution in [0.5, 0.6) is 0 Å². The predicted molar refractivity (Wildman–Crippen MR) is 110 cm³/mol. The number of benzene rings is 1. The van der Waals surface area contributed by atoms with Gasteiger partial charge in [-0.05, 0) is 29.8 Å². The summed E-state index contributed by atoms with van der Waals surface area (Å²) in [6.07, 6.45) is 10.2. The fraction of sp³-hybridized carbons (Fsp3) is 0.0952. The molecular weight excluding hydrogens is 383 g/mol. The van der Waals surface area contributed by atoms with Gasteiger partial charge in [0.25, 0.3) is 0 Å². The van der Waals surface area contributed by atoms with Crippen molar-refractivity contribution in [3.8, 4) is 29.5 Å². The zero-order chi connectivity index (χ0) is 21.3. The minimum absolute atomic E-state index is 0.0396. The molecule has 1 aromatic carbocycles. The summed E-state index contributed by atoms with van der Waals surface area (Å²) in [5.74, 6) is 2.91. The summed E-state index contributed by atoms with van der Waals surface area (Å²) in [5.41, 5.74) is 8.06. The quantitative estimate of drug-likeness (QED) is 0.507. The number of terminal acetylenes is 1. The van der Waals surface area contributed by atoms with Crippen molar-refractivity contribution in [3.05, 3.63) is 60.2 Å². The number of aryl methyl sites for hydroxylation is 1. The van der Waals surface area contributed by atoms with Gasteiger partial charge in [-0.3, -0.25) is 4.98 Å². The molecule has 1 atom stereocenters. The van der Waals surface area contributed by atoms with Crippen LogP contribution in [-0.2, 0) is 7.05 Å². The summed E-state index contributed by atoms with van der Waals surface area (Å²) in [7, 11) is 1.75. The first-order valence-electron chi connectivity index (χ1n) is 8.83. The molecule has 0 aliphatic rings. The Labute approximate surface area is 171 Å². The normalized spacial score (nSPS) is 11.6. The van der Waals surface area contributed by atoms with Crippen LogP contribution >= 0.6 is 0 Å². The van der Waals surface area contributed by atoms with Crippen LogP contribution in [0.4, 0.5) is 16.0 Å². The lowest BCUT2D eigenvalue weighted by Crippen LogP contribution is -2.16. The molecule has 8 nitrogen and oxygen atoms in total. The standard InChI is InChI=1S/C21H15FN8/c1-3-15(28-20-13(10-23)19(24)26-11-27-20)21-29-16-5-4-14(22)17(18(16)30(21)2)12-6-8-25-9-7-12/h1,4-9,11,15H,2H3,(H3,24,26,27,28)/t15-/m0/s1. The molecule has 0 radical (unpaired) electrons. The maximum absolute atomic E-state index is 14.8. The lowest BCUT2D eigenvalue weighted by molar-refractivity contribution is 0.632. The highest BCUT2D eigenvalue weighted by Gasteiger charge is 2.22. The summed E-state index contributed by atoms with van der Waals surface area (Å²) >= 11 is 0. The van der Waals surface area contributed by atoms with E-state index in [9.17, 15) is 9.65 Å². The lowest BCUT2D eigenvalue weighted by Gasteiger charge is -2.15. The molecule has 30 heavy (non-hydrogen) atoms. The van der Waals surface area contributed by atoms with E-state index in [2.05, 4.69) is 31.2 Å². The first-order chi connectivity index (χ1) is 14.5. The number of halogens is 1. The van der Waals surface area contributed by atoms with Gasteiger partial charge < -0.3 is 15.6 Å². The van der Waals surface area contributed by atoms with Crippen LogP contribution in [0, 0.1) is 29.5 Å². The Morgan fingerprint density at radius 2 is 2.00 bits per heavy atom. The molecule has 0 spiro atoms. The van der Waals surface area contributed by atoms with Crippen molar-refractivity contribution in [2.24, 2.45) is 7.05 Å². The van der Waals surface area contributed by atoms with Crippen molar-refractivity contribution in [2.45, 2.75) is 6.04 Å². The molecule has 3 aromatic heterocycles. The third-order valence-electron chi connectivity index (χ3n) is 4.68. The van der Waals surface area contributed by atoms with Crippen LogP contribution in [0.25, 0.3) is 22.2 Å². The topological polar surface area (TPSA) is 118 Å². The number of anilines is 2. The molecule has 3 N–H and O–H groups in total. The monoisotopic (exact) mass is 398 g/mol. The molecule has 0 bridgehead atoms. The maximum Gasteiger partial charge on any atom is 0.150 e. The molecule has 0 fully saturated rings. The Morgan fingerprint density at radius 3 is 2.70 bits per heavy atom. The maximum atomic E-state index is 14.8. The second-order valence-corrected chi connectivity index (χ2v) is 6.39. The highest BCUT2D eigenvalue weighted by atomic mass is 19.1. The van der Waals surface area contributed by atoms with Gasteiger partial charge in [-0.2, -0.15) is 5.26 Å². The van der Waals surface area contributed by atoms with Crippen molar-refractivity contribution in [2.75, 3.05) is 11.1 Å². The van der Waals surface area contributed by atoms with Gasteiger partial charge in [-0.1, -0.05) is 5.92 Å². The van der Waals surface area contributed by atoms with E-state index in [1.54, 1.807) is 42.2 Å². The van der Waals surface area contributed by atoms with E-state index in [1.165, 1.54) is 12.4 Å². The molecule has 9 heteroatoms. The second kappa shape index (κ2) is 7.49. The molecule has 0 aliphatic carbocycles. The van der Waals surface area contributed by atoms with Gasteiger partial charge in [0.15, 0.2) is 5.82 Å². The molecule has 0 aliphatic heterocycles. The van der Waals surface area contributed by atoms with Crippen LogP contribution in [0.2, 0.25) is 0 Å². The second-order valence-electron chi connectivity index (χ2n) is 6.39.